The molecule has 0 amide bonds. The van der Waals surface area contributed by atoms with Crippen molar-refractivity contribution in [3.63, 3.8) is 0 Å². The average Bonchev–Trinajstić information content (AvgIpc) is 3.34. The Kier molecular flexibility index (Phi) is 5.97. The van der Waals surface area contributed by atoms with Crippen molar-refractivity contribution in [3.05, 3.63) is 52.8 Å². The number of nitrogens with one attached hydrogen (secondary N) is 1. The third kappa shape index (κ3) is 4.23. The van der Waals surface area contributed by atoms with E-state index in [1.54, 1.807) is 11.6 Å². The van der Waals surface area contributed by atoms with Gasteiger partial charge in [-0.2, -0.15) is 4.31 Å². The van der Waals surface area contributed by atoms with Crippen molar-refractivity contribution < 1.29 is 22.0 Å². The number of rotatable bonds is 6. The quantitative estimate of drug-likeness (QED) is 0.517. The molecular weight excluding hydrogens is 462 g/mol. The Morgan fingerprint density at radius 3 is 2.50 bits per heavy atom. The number of hydrogen-bond acceptors (Lipinski definition) is 8. The van der Waals surface area contributed by atoms with Crippen LogP contribution >= 0.6 is 11.3 Å². The van der Waals surface area contributed by atoms with Gasteiger partial charge in [0.15, 0.2) is 10.2 Å². The Morgan fingerprint density at radius 2 is 1.91 bits per heavy atom. The molecule has 13 heteroatoms. The topological polar surface area (TPSA) is 123 Å². The van der Waals surface area contributed by atoms with Gasteiger partial charge in [-0.25, -0.2) is 27.2 Å². The fourth-order valence-electron chi connectivity index (χ4n) is 3.45. The van der Waals surface area contributed by atoms with Crippen LogP contribution in [0.15, 0.2) is 35.7 Å². The van der Waals surface area contributed by atoms with Crippen molar-refractivity contribution in [1.82, 2.24) is 18.8 Å². The molecule has 0 atom stereocenters. The highest BCUT2D eigenvalue weighted by Gasteiger charge is 2.31. The third-order valence-corrected chi connectivity index (χ3v) is 7.90. The number of aryl methyl sites for hydroxylation is 1. The lowest BCUT2D eigenvalue weighted by Gasteiger charge is -2.30. The van der Waals surface area contributed by atoms with Gasteiger partial charge < -0.3 is 15.6 Å². The summed E-state index contributed by atoms with van der Waals surface area (Å²) in [6, 6.07) is 3.06. The number of benzene rings is 1. The minimum absolute atomic E-state index is 0.00244. The van der Waals surface area contributed by atoms with Gasteiger partial charge in [0.1, 0.15) is 22.3 Å². The van der Waals surface area contributed by atoms with Crippen LogP contribution in [-0.4, -0.2) is 52.2 Å². The van der Waals surface area contributed by atoms with Crippen LogP contribution in [-0.2, 0) is 17.1 Å². The van der Waals surface area contributed by atoms with E-state index in [2.05, 4.69) is 15.3 Å². The Bertz CT molecular complexity index is 1250. The first kappa shape index (κ1) is 22.3. The van der Waals surface area contributed by atoms with Gasteiger partial charge in [-0.05, 0) is 25.0 Å². The van der Waals surface area contributed by atoms with Crippen LogP contribution in [0.3, 0.4) is 0 Å². The number of piperidine rings is 1. The number of carbonyl (C=O) groups excluding carboxylic acids is 1. The lowest BCUT2D eigenvalue weighted by Crippen LogP contribution is -2.42. The molecule has 0 unspecified atom stereocenters. The molecule has 0 radical (unpaired) electrons. The first-order chi connectivity index (χ1) is 15.2. The van der Waals surface area contributed by atoms with Gasteiger partial charge in [0, 0.05) is 32.4 Å². The number of nitrogens with two attached hydrogens (primary N) is 1. The summed E-state index contributed by atoms with van der Waals surface area (Å²) in [5.74, 6) is -2.95. The molecular formula is C19H20F2N6O3S2. The van der Waals surface area contributed by atoms with Crippen LogP contribution in [0, 0.1) is 11.6 Å². The van der Waals surface area contributed by atoms with E-state index in [4.69, 9.17) is 5.73 Å². The number of sulfonamides is 1. The van der Waals surface area contributed by atoms with Crippen LogP contribution in [0.25, 0.3) is 0 Å². The maximum absolute atomic E-state index is 14.0. The highest BCUT2D eigenvalue weighted by atomic mass is 32.2. The number of hydrogen-bond donors (Lipinski definition) is 2. The Balaban J connectivity index is 1.43. The molecule has 3 heterocycles. The normalized spacial score (nSPS) is 15.7. The van der Waals surface area contributed by atoms with Gasteiger partial charge in [-0.3, -0.25) is 4.79 Å². The van der Waals surface area contributed by atoms with E-state index in [1.807, 2.05) is 0 Å². The molecule has 3 aromatic rings. The predicted molar refractivity (Wildman–Crippen MR) is 115 cm³/mol. The molecule has 1 aliphatic rings. The second-order valence-corrected chi connectivity index (χ2v) is 10.2. The molecule has 2 aromatic heterocycles. The SMILES string of the molecule is Cn1cnc(S(=O)(=O)N2CCC(Nc3nc(N)c(C(=O)c4c(F)cccc4F)s3)CC2)c1. The summed E-state index contributed by atoms with van der Waals surface area (Å²) in [6.45, 7) is 0.563. The second-order valence-electron chi connectivity index (χ2n) is 7.36. The largest absolute Gasteiger partial charge is 0.382 e. The van der Waals surface area contributed by atoms with Crippen molar-refractivity contribution in [3.8, 4) is 0 Å². The molecule has 3 N–H and O–H groups in total. The van der Waals surface area contributed by atoms with E-state index >= 15 is 0 Å². The maximum atomic E-state index is 14.0. The number of imidazole rings is 1. The molecule has 0 bridgehead atoms. The van der Waals surface area contributed by atoms with Gasteiger partial charge >= 0.3 is 0 Å². The lowest BCUT2D eigenvalue weighted by atomic mass is 10.1. The molecule has 170 valence electrons. The van der Waals surface area contributed by atoms with Crippen LogP contribution < -0.4 is 11.1 Å². The van der Waals surface area contributed by atoms with Crippen LogP contribution in [0.5, 0.6) is 0 Å². The van der Waals surface area contributed by atoms with Crippen molar-refractivity contribution in [2.75, 3.05) is 24.1 Å². The number of nitrogens with zero attached hydrogens (tertiary/aromatic N) is 4. The number of aromatic nitrogens is 3. The van der Waals surface area contributed by atoms with Crippen LogP contribution in [0.1, 0.15) is 28.1 Å². The highest BCUT2D eigenvalue weighted by molar-refractivity contribution is 7.89. The van der Waals surface area contributed by atoms with E-state index in [0.29, 0.717) is 18.0 Å². The zero-order chi connectivity index (χ0) is 23.0. The van der Waals surface area contributed by atoms with Gasteiger partial charge in [-0.15, -0.1) is 0 Å². The fourth-order valence-corrected chi connectivity index (χ4v) is 5.80. The number of halogens is 2. The Hall–Kier alpha value is -2.90. The third-order valence-electron chi connectivity index (χ3n) is 5.12. The standard InChI is InChI=1S/C19H20F2N6O3S2/c1-26-9-14(23-10-26)32(29,30)27-7-5-11(6-8-27)24-19-25-18(22)17(31-19)16(28)15-12(20)3-2-4-13(15)21/h2-4,9-11H,5-8,22H2,1H3,(H,24,25). The molecule has 0 spiro atoms. The molecule has 1 fully saturated rings. The van der Waals surface area contributed by atoms with Gasteiger partial charge in [0.25, 0.3) is 10.0 Å². The van der Waals surface area contributed by atoms with Gasteiger partial charge in [0.2, 0.25) is 5.78 Å². The fraction of sp³-hybridized carbons (Fsp3) is 0.316. The number of anilines is 2. The number of thiazole rings is 1. The average molecular weight is 483 g/mol. The number of ketones is 1. The van der Waals surface area contributed by atoms with E-state index in [9.17, 15) is 22.0 Å². The van der Waals surface area contributed by atoms with Gasteiger partial charge in [0.05, 0.1) is 11.9 Å². The first-order valence-electron chi connectivity index (χ1n) is 9.66. The van der Waals surface area contributed by atoms with Crippen molar-refractivity contribution in [2.24, 2.45) is 7.05 Å². The van der Waals surface area contributed by atoms with E-state index in [1.165, 1.54) is 22.9 Å². The predicted octanol–water partition coefficient (Wildman–Crippen LogP) is 2.23. The van der Waals surface area contributed by atoms with E-state index in [0.717, 1.165) is 23.5 Å². The maximum Gasteiger partial charge on any atom is 0.262 e. The van der Waals surface area contributed by atoms with Gasteiger partial charge in [-0.1, -0.05) is 17.4 Å². The molecule has 9 nitrogen and oxygen atoms in total. The first-order valence-corrected chi connectivity index (χ1v) is 11.9. The smallest absolute Gasteiger partial charge is 0.262 e. The van der Waals surface area contributed by atoms with Crippen molar-refractivity contribution in [2.45, 2.75) is 23.9 Å². The zero-order valence-electron chi connectivity index (χ0n) is 17.0. The molecule has 32 heavy (non-hydrogen) atoms. The summed E-state index contributed by atoms with van der Waals surface area (Å²) in [5, 5.41) is 3.47. The Labute approximate surface area is 186 Å². The summed E-state index contributed by atoms with van der Waals surface area (Å²) >= 11 is 0.905. The molecule has 0 aliphatic carbocycles. The van der Waals surface area contributed by atoms with Crippen LogP contribution in [0.4, 0.5) is 19.7 Å². The molecule has 1 aromatic carbocycles. The summed E-state index contributed by atoms with van der Waals surface area (Å²) in [5.41, 5.74) is 5.15. The second kappa shape index (κ2) is 8.56. The summed E-state index contributed by atoms with van der Waals surface area (Å²) in [6.07, 6.45) is 3.88. The summed E-state index contributed by atoms with van der Waals surface area (Å²) in [4.78, 5) is 20.6. The summed E-state index contributed by atoms with van der Waals surface area (Å²) in [7, 11) is -1.97. The highest BCUT2D eigenvalue weighted by Crippen LogP contribution is 2.31. The molecule has 4 rings (SSSR count). The molecule has 1 aliphatic heterocycles. The van der Waals surface area contributed by atoms with E-state index < -0.39 is 33.0 Å². The monoisotopic (exact) mass is 482 g/mol. The van der Waals surface area contributed by atoms with Crippen molar-refractivity contribution in [1.29, 1.82) is 0 Å². The molecule has 1 saturated heterocycles. The van der Waals surface area contributed by atoms with E-state index in [-0.39, 0.29) is 34.9 Å². The number of carbonyl (C=O) groups is 1. The summed E-state index contributed by atoms with van der Waals surface area (Å²) < 4.78 is 56.2. The molecule has 0 saturated carbocycles. The Morgan fingerprint density at radius 1 is 1.25 bits per heavy atom. The number of nitrogen functional groups attached to an aromatic ring is 1. The minimum atomic E-state index is -3.67. The zero-order valence-corrected chi connectivity index (χ0v) is 18.6. The van der Waals surface area contributed by atoms with Crippen LogP contribution in [0.2, 0.25) is 0 Å². The van der Waals surface area contributed by atoms with Crippen molar-refractivity contribution >= 4 is 38.1 Å². The lowest BCUT2D eigenvalue weighted by molar-refractivity contribution is 0.103. The minimum Gasteiger partial charge on any atom is -0.382 e.